The van der Waals surface area contributed by atoms with Gasteiger partial charge in [0.25, 0.3) is 0 Å². The molecule has 0 spiro atoms. The molecule has 1 aromatic rings. The Bertz CT molecular complexity index is 426. The second-order valence-electron chi connectivity index (χ2n) is 3.72. The zero-order valence-corrected chi connectivity index (χ0v) is 9.66. The smallest absolute Gasteiger partial charge is 0.238 e. The standard InChI is InChI=1S/C13H15FN2O/c1-3-6-10(2)15-9-13(17)16-12-8-5-4-7-11(12)14/h1,4-5,7-8,10,15H,6,9H2,2H3,(H,16,17). The molecule has 0 fully saturated rings. The third kappa shape index (κ3) is 4.66. The predicted octanol–water partition coefficient (Wildman–Crippen LogP) is 1.77. The Labute approximate surface area is 100 Å². The number of carbonyl (C=O) groups excluding carboxylic acids is 1. The fourth-order valence-corrected chi connectivity index (χ4v) is 1.27. The van der Waals surface area contributed by atoms with Crippen molar-refractivity contribution >= 4 is 11.6 Å². The molecule has 2 N–H and O–H groups in total. The van der Waals surface area contributed by atoms with Gasteiger partial charge in [0.05, 0.1) is 12.2 Å². The third-order valence-electron chi connectivity index (χ3n) is 2.18. The van der Waals surface area contributed by atoms with Crippen molar-refractivity contribution in [2.24, 2.45) is 0 Å². The maximum Gasteiger partial charge on any atom is 0.238 e. The van der Waals surface area contributed by atoms with Gasteiger partial charge in [-0.2, -0.15) is 0 Å². The van der Waals surface area contributed by atoms with Crippen LogP contribution in [0.5, 0.6) is 0 Å². The Hall–Kier alpha value is -1.86. The molecule has 0 saturated heterocycles. The van der Waals surface area contributed by atoms with Gasteiger partial charge in [-0.25, -0.2) is 4.39 Å². The molecule has 17 heavy (non-hydrogen) atoms. The number of rotatable bonds is 5. The summed E-state index contributed by atoms with van der Waals surface area (Å²) in [4.78, 5) is 11.5. The van der Waals surface area contributed by atoms with Gasteiger partial charge < -0.3 is 10.6 Å². The van der Waals surface area contributed by atoms with Crippen LogP contribution in [-0.2, 0) is 4.79 Å². The quantitative estimate of drug-likeness (QED) is 0.762. The highest BCUT2D eigenvalue weighted by molar-refractivity contribution is 5.92. The molecule has 0 saturated carbocycles. The summed E-state index contributed by atoms with van der Waals surface area (Å²) in [5, 5.41) is 5.43. The highest BCUT2D eigenvalue weighted by Crippen LogP contribution is 2.11. The molecule has 3 nitrogen and oxygen atoms in total. The van der Waals surface area contributed by atoms with Gasteiger partial charge in [-0.05, 0) is 19.1 Å². The maximum atomic E-state index is 13.2. The van der Waals surface area contributed by atoms with Gasteiger partial charge in [0, 0.05) is 12.5 Å². The van der Waals surface area contributed by atoms with Gasteiger partial charge >= 0.3 is 0 Å². The molecule has 0 heterocycles. The minimum Gasteiger partial charge on any atom is -0.322 e. The summed E-state index contributed by atoms with van der Waals surface area (Å²) in [6, 6.07) is 6.10. The van der Waals surface area contributed by atoms with E-state index in [1.807, 2.05) is 6.92 Å². The number of halogens is 1. The second-order valence-corrected chi connectivity index (χ2v) is 3.72. The Morgan fingerprint density at radius 1 is 1.53 bits per heavy atom. The molecule has 0 aliphatic rings. The summed E-state index contributed by atoms with van der Waals surface area (Å²) in [5.74, 6) is 1.76. The highest BCUT2D eigenvalue weighted by atomic mass is 19.1. The van der Waals surface area contributed by atoms with E-state index in [9.17, 15) is 9.18 Å². The first-order valence-corrected chi connectivity index (χ1v) is 5.34. The number of nitrogens with one attached hydrogen (secondary N) is 2. The van der Waals surface area contributed by atoms with Crippen LogP contribution in [0.25, 0.3) is 0 Å². The van der Waals surface area contributed by atoms with E-state index in [2.05, 4.69) is 16.6 Å². The van der Waals surface area contributed by atoms with Crippen molar-refractivity contribution in [3.8, 4) is 12.3 Å². The Balaban J connectivity index is 2.41. The molecule has 0 aromatic heterocycles. The third-order valence-corrected chi connectivity index (χ3v) is 2.18. The van der Waals surface area contributed by atoms with Crippen molar-refractivity contribution in [3.63, 3.8) is 0 Å². The number of hydrogen-bond acceptors (Lipinski definition) is 2. The van der Waals surface area contributed by atoms with Gasteiger partial charge in [-0.15, -0.1) is 12.3 Å². The van der Waals surface area contributed by atoms with E-state index in [0.717, 1.165) is 0 Å². The lowest BCUT2D eigenvalue weighted by atomic mass is 10.2. The monoisotopic (exact) mass is 234 g/mol. The lowest BCUT2D eigenvalue weighted by Gasteiger charge is -2.11. The van der Waals surface area contributed by atoms with E-state index >= 15 is 0 Å². The summed E-state index contributed by atoms with van der Waals surface area (Å²) < 4.78 is 13.2. The molecule has 90 valence electrons. The predicted molar refractivity (Wildman–Crippen MR) is 65.9 cm³/mol. The van der Waals surface area contributed by atoms with Gasteiger partial charge in [-0.3, -0.25) is 4.79 Å². The highest BCUT2D eigenvalue weighted by Gasteiger charge is 2.07. The van der Waals surface area contributed by atoms with Crippen LogP contribution in [-0.4, -0.2) is 18.5 Å². The van der Waals surface area contributed by atoms with E-state index in [0.29, 0.717) is 6.42 Å². The normalized spacial score (nSPS) is 11.6. The van der Waals surface area contributed by atoms with Crippen LogP contribution < -0.4 is 10.6 Å². The number of para-hydroxylation sites is 1. The minimum absolute atomic E-state index is 0.0615. The van der Waals surface area contributed by atoms with E-state index in [4.69, 9.17) is 6.42 Å². The van der Waals surface area contributed by atoms with Gasteiger partial charge in [0.2, 0.25) is 5.91 Å². The molecular formula is C13H15FN2O. The summed E-state index contributed by atoms with van der Waals surface area (Å²) >= 11 is 0. The number of amides is 1. The molecule has 0 bridgehead atoms. The van der Waals surface area contributed by atoms with Crippen molar-refractivity contribution in [1.29, 1.82) is 0 Å². The average Bonchev–Trinajstić information content (AvgIpc) is 2.30. The fraction of sp³-hybridized carbons (Fsp3) is 0.308. The van der Waals surface area contributed by atoms with Crippen molar-refractivity contribution in [3.05, 3.63) is 30.1 Å². The number of anilines is 1. The summed E-state index contributed by atoms with van der Waals surface area (Å²) in [5.41, 5.74) is 0.184. The Morgan fingerprint density at radius 2 is 2.24 bits per heavy atom. The van der Waals surface area contributed by atoms with Gasteiger partial charge in [0.15, 0.2) is 0 Å². The van der Waals surface area contributed by atoms with Crippen LogP contribution >= 0.6 is 0 Å². The summed E-state index contributed by atoms with van der Waals surface area (Å²) in [7, 11) is 0. The second kappa shape index (κ2) is 6.66. The van der Waals surface area contributed by atoms with E-state index < -0.39 is 5.82 Å². The van der Waals surface area contributed by atoms with Crippen LogP contribution in [0.15, 0.2) is 24.3 Å². The number of terminal acetylenes is 1. The SMILES string of the molecule is C#CCC(C)NCC(=O)Nc1ccccc1F. The minimum atomic E-state index is -0.447. The first kappa shape index (κ1) is 13.2. The van der Waals surface area contributed by atoms with E-state index in [1.165, 1.54) is 12.1 Å². The number of benzene rings is 1. The topological polar surface area (TPSA) is 41.1 Å². The molecule has 1 aromatic carbocycles. The molecule has 1 rings (SSSR count). The Kier molecular flexibility index (Phi) is 5.18. The van der Waals surface area contributed by atoms with Crippen LogP contribution in [0.1, 0.15) is 13.3 Å². The molecule has 1 amide bonds. The molecule has 0 radical (unpaired) electrons. The van der Waals surface area contributed by atoms with Crippen LogP contribution in [0.2, 0.25) is 0 Å². The summed E-state index contributed by atoms with van der Waals surface area (Å²) in [6.45, 7) is 1.99. The molecule has 0 aliphatic carbocycles. The number of hydrogen-bond donors (Lipinski definition) is 2. The maximum absolute atomic E-state index is 13.2. The van der Waals surface area contributed by atoms with E-state index in [1.54, 1.807) is 12.1 Å². The lowest BCUT2D eigenvalue weighted by Crippen LogP contribution is -2.34. The molecule has 0 aliphatic heterocycles. The van der Waals surface area contributed by atoms with Crippen LogP contribution in [0.4, 0.5) is 10.1 Å². The molecule has 1 atom stereocenters. The van der Waals surface area contributed by atoms with Crippen molar-refractivity contribution in [1.82, 2.24) is 5.32 Å². The first-order chi connectivity index (χ1) is 8.13. The van der Waals surface area contributed by atoms with E-state index in [-0.39, 0.29) is 24.2 Å². The molecule has 4 heteroatoms. The largest absolute Gasteiger partial charge is 0.322 e. The first-order valence-electron chi connectivity index (χ1n) is 5.34. The molecular weight excluding hydrogens is 219 g/mol. The van der Waals surface area contributed by atoms with Crippen LogP contribution in [0, 0.1) is 18.2 Å². The van der Waals surface area contributed by atoms with Gasteiger partial charge in [0.1, 0.15) is 5.82 Å². The molecule has 1 unspecified atom stereocenters. The fourth-order valence-electron chi connectivity index (χ4n) is 1.27. The average molecular weight is 234 g/mol. The summed E-state index contributed by atoms with van der Waals surface area (Å²) in [6.07, 6.45) is 5.69. The zero-order chi connectivity index (χ0) is 12.7. The Morgan fingerprint density at radius 3 is 2.88 bits per heavy atom. The van der Waals surface area contributed by atoms with Crippen molar-refractivity contribution in [2.75, 3.05) is 11.9 Å². The van der Waals surface area contributed by atoms with Crippen LogP contribution in [0.3, 0.4) is 0 Å². The lowest BCUT2D eigenvalue weighted by molar-refractivity contribution is -0.115. The zero-order valence-electron chi connectivity index (χ0n) is 9.66. The van der Waals surface area contributed by atoms with Crippen molar-refractivity contribution < 1.29 is 9.18 Å². The number of carbonyl (C=O) groups is 1. The van der Waals surface area contributed by atoms with Crippen molar-refractivity contribution in [2.45, 2.75) is 19.4 Å². The van der Waals surface area contributed by atoms with Gasteiger partial charge in [-0.1, -0.05) is 12.1 Å².